The van der Waals surface area contributed by atoms with Gasteiger partial charge in [0.2, 0.25) is 0 Å². The Morgan fingerprint density at radius 2 is 1.94 bits per heavy atom. The van der Waals surface area contributed by atoms with Crippen LogP contribution < -0.4 is 5.73 Å². The molecule has 1 aliphatic heterocycles. The van der Waals surface area contributed by atoms with Gasteiger partial charge in [-0.15, -0.1) is 0 Å². The van der Waals surface area contributed by atoms with E-state index in [1.54, 1.807) is 0 Å². The lowest BCUT2D eigenvalue weighted by Crippen LogP contribution is -2.31. The summed E-state index contributed by atoms with van der Waals surface area (Å²) >= 11 is 0. The Labute approximate surface area is 104 Å². The predicted molar refractivity (Wildman–Crippen MR) is 70.6 cm³/mol. The number of fused-ring (bicyclic) bond motifs is 1. The van der Waals surface area contributed by atoms with Gasteiger partial charge < -0.3 is 5.73 Å². The van der Waals surface area contributed by atoms with Crippen molar-refractivity contribution in [3.8, 4) is 0 Å². The normalized spacial score (nSPS) is 34.8. The van der Waals surface area contributed by atoms with Crippen LogP contribution in [0.3, 0.4) is 0 Å². The molecule has 3 rings (SSSR count). The van der Waals surface area contributed by atoms with Crippen LogP contribution in [-0.2, 0) is 0 Å². The van der Waals surface area contributed by atoms with Gasteiger partial charge in [0.05, 0.1) is 0 Å². The first-order chi connectivity index (χ1) is 8.25. The Bertz CT molecular complexity index is 376. The highest BCUT2D eigenvalue weighted by molar-refractivity contribution is 5.19. The van der Waals surface area contributed by atoms with Gasteiger partial charge in [0, 0.05) is 25.2 Å². The third-order valence-electron chi connectivity index (χ3n) is 4.77. The van der Waals surface area contributed by atoms with E-state index in [-0.39, 0.29) is 0 Å². The fourth-order valence-electron chi connectivity index (χ4n) is 3.60. The molecule has 17 heavy (non-hydrogen) atoms. The summed E-state index contributed by atoms with van der Waals surface area (Å²) in [5.74, 6) is 1.61. The zero-order chi connectivity index (χ0) is 11.8. The van der Waals surface area contributed by atoms with Crippen molar-refractivity contribution < 1.29 is 0 Å². The van der Waals surface area contributed by atoms with Crippen molar-refractivity contribution in [2.24, 2.45) is 17.6 Å². The lowest BCUT2D eigenvalue weighted by molar-refractivity contribution is 0.239. The van der Waals surface area contributed by atoms with E-state index in [4.69, 9.17) is 5.73 Å². The SMILES string of the molecule is C[C@@H](c1ccccc1)N1C[C@@H]2CCC(N)[C@@H]2C1. The Morgan fingerprint density at radius 3 is 2.65 bits per heavy atom. The lowest BCUT2D eigenvalue weighted by Gasteiger charge is -2.26. The second kappa shape index (κ2) is 4.43. The van der Waals surface area contributed by atoms with Gasteiger partial charge in [-0.2, -0.15) is 0 Å². The van der Waals surface area contributed by atoms with E-state index >= 15 is 0 Å². The maximum absolute atomic E-state index is 6.19. The molecule has 1 saturated heterocycles. The number of hydrogen-bond acceptors (Lipinski definition) is 2. The van der Waals surface area contributed by atoms with Crippen LogP contribution >= 0.6 is 0 Å². The number of benzene rings is 1. The van der Waals surface area contributed by atoms with Crippen molar-refractivity contribution >= 4 is 0 Å². The minimum atomic E-state index is 0.452. The molecule has 2 nitrogen and oxygen atoms in total. The molecular formula is C15H22N2. The van der Waals surface area contributed by atoms with E-state index in [0.717, 1.165) is 11.8 Å². The number of hydrogen-bond donors (Lipinski definition) is 1. The fraction of sp³-hybridized carbons (Fsp3) is 0.600. The molecule has 1 unspecified atom stereocenters. The molecule has 2 N–H and O–H groups in total. The molecule has 1 saturated carbocycles. The third kappa shape index (κ3) is 2.00. The molecule has 2 heteroatoms. The molecule has 2 fully saturated rings. The quantitative estimate of drug-likeness (QED) is 0.845. The van der Waals surface area contributed by atoms with Crippen molar-refractivity contribution in [3.05, 3.63) is 35.9 Å². The molecule has 4 atom stereocenters. The summed E-state index contributed by atoms with van der Waals surface area (Å²) < 4.78 is 0. The Balaban J connectivity index is 1.71. The van der Waals surface area contributed by atoms with Crippen molar-refractivity contribution in [2.75, 3.05) is 13.1 Å². The van der Waals surface area contributed by atoms with E-state index in [1.807, 2.05) is 0 Å². The molecule has 0 radical (unpaired) electrons. The first kappa shape index (κ1) is 11.2. The van der Waals surface area contributed by atoms with Gasteiger partial charge in [0.15, 0.2) is 0 Å². The minimum absolute atomic E-state index is 0.452. The van der Waals surface area contributed by atoms with Gasteiger partial charge in [-0.1, -0.05) is 30.3 Å². The van der Waals surface area contributed by atoms with Crippen molar-refractivity contribution in [3.63, 3.8) is 0 Å². The minimum Gasteiger partial charge on any atom is -0.327 e. The summed E-state index contributed by atoms with van der Waals surface area (Å²) in [7, 11) is 0. The summed E-state index contributed by atoms with van der Waals surface area (Å²) in [4.78, 5) is 2.61. The van der Waals surface area contributed by atoms with Gasteiger partial charge in [-0.3, -0.25) is 4.90 Å². The summed E-state index contributed by atoms with van der Waals surface area (Å²) in [5.41, 5.74) is 7.63. The average molecular weight is 230 g/mol. The van der Waals surface area contributed by atoms with Crippen molar-refractivity contribution in [1.82, 2.24) is 4.90 Å². The van der Waals surface area contributed by atoms with Crippen LogP contribution in [-0.4, -0.2) is 24.0 Å². The summed E-state index contributed by atoms with van der Waals surface area (Å²) in [6, 6.07) is 11.8. The third-order valence-corrected chi connectivity index (χ3v) is 4.77. The van der Waals surface area contributed by atoms with Gasteiger partial charge in [-0.25, -0.2) is 0 Å². The molecule has 0 aromatic heterocycles. The molecule has 0 spiro atoms. The number of rotatable bonds is 2. The molecule has 92 valence electrons. The second-order valence-corrected chi connectivity index (χ2v) is 5.71. The highest BCUT2D eigenvalue weighted by Crippen LogP contribution is 2.40. The van der Waals surface area contributed by atoms with Crippen molar-refractivity contribution in [2.45, 2.75) is 31.8 Å². The fourth-order valence-corrected chi connectivity index (χ4v) is 3.60. The Kier molecular flexibility index (Phi) is 2.93. The van der Waals surface area contributed by atoms with Crippen LogP contribution in [0.4, 0.5) is 0 Å². The second-order valence-electron chi connectivity index (χ2n) is 5.71. The van der Waals surface area contributed by atoms with Gasteiger partial charge >= 0.3 is 0 Å². The summed E-state index contributed by atoms with van der Waals surface area (Å²) in [6.07, 6.45) is 2.58. The number of nitrogens with two attached hydrogens (primary N) is 1. The summed E-state index contributed by atoms with van der Waals surface area (Å²) in [6.45, 7) is 4.76. The highest BCUT2D eigenvalue weighted by atomic mass is 15.2. The monoisotopic (exact) mass is 230 g/mol. The van der Waals surface area contributed by atoms with Crippen LogP contribution in [0.25, 0.3) is 0 Å². The smallest absolute Gasteiger partial charge is 0.0320 e. The maximum Gasteiger partial charge on any atom is 0.0320 e. The topological polar surface area (TPSA) is 29.3 Å². The molecule has 1 heterocycles. The van der Waals surface area contributed by atoms with Crippen LogP contribution in [0, 0.1) is 11.8 Å². The molecule has 0 amide bonds. The predicted octanol–water partition coefficient (Wildman–Crippen LogP) is 2.42. The zero-order valence-electron chi connectivity index (χ0n) is 10.5. The van der Waals surface area contributed by atoms with E-state index < -0.39 is 0 Å². The summed E-state index contributed by atoms with van der Waals surface area (Å²) in [5, 5.41) is 0. The molecule has 1 aromatic carbocycles. The largest absolute Gasteiger partial charge is 0.327 e. The first-order valence-electron chi connectivity index (χ1n) is 6.80. The van der Waals surface area contributed by atoms with E-state index in [0.29, 0.717) is 12.1 Å². The highest BCUT2D eigenvalue weighted by Gasteiger charge is 2.42. The van der Waals surface area contributed by atoms with E-state index in [2.05, 4.69) is 42.2 Å². The zero-order valence-corrected chi connectivity index (χ0v) is 10.5. The maximum atomic E-state index is 6.19. The Morgan fingerprint density at radius 1 is 1.18 bits per heavy atom. The van der Waals surface area contributed by atoms with Crippen LogP contribution in [0.5, 0.6) is 0 Å². The molecule has 1 aliphatic carbocycles. The van der Waals surface area contributed by atoms with Crippen molar-refractivity contribution in [1.29, 1.82) is 0 Å². The molecular weight excluding hydrogens is 208 g/mol. The first-order valence-corrected chi connectivity index (χ1v) is 6.80. The van der Waals surface area contributed by atoms with Crippen LogP contribution in [0.2, 0.25) is 0 Å². The standard InChI is InChI=1S/C15H22N2/c1-11(12-5-3-2-4-6-12)17-9-13-7-8-15(16)14(13)10-17/h2-6,11,13-15H,7-10,16H2,1H3/t11-,13-,14+,15?/m0/s1. The van der Waals surface area contributed by atoms with Crippen LogP contribution in [0.15, 0.2) is 30.3 Å². The molecule has 2 aliphatic rings. The average Bonchev–Trinajstić information content (AvgIpc) is 2.92. The lowest BCUT2D eigenvalue weighted by atomic mass is 9.98. The molecule has 0 bridgehead atoms. The van der Waals surface area contributed by atoms with E-state index in [1.165, 1.54) is 31.5 Å². The van der Waals surface area contributed by atoms with Crippen LogP contribution in [0.1, 0.15) is 31.4 Å². The van der Waals surface area contributed by atoms with Gasteiger partial charge in [0.25, 0.3) is 0 Å². The Hall–Kier alpha value is -0.860. The van der Waals surface area contributed by atoms with Gasteiger partial charge in [0.1, 0.15) is 0 Å². The van der Waals surface area contributed by atoms with E-state index in [9.17, 15) is 0 Å². The molecule has 1 aromatic rings. The number of likely N-dealkylation sites (tertiary alicyclic amines) is 1. The number of nitrogens with zero attached hydrogens (tertiary/aromatic N) is 1. The van der Waals surface area contributed by atoms with Gasteiger partial charge in [-0.05, 0) is 37.2 Å².